The Balaban J connectivity index is 2.80. The molecule has 0 aliphatic carbocycles. The van der Waals surface area contributed by atoms with Gasteiger partial charge in [0.25, 0.3) is 5.69 Å². The van der Waals surface area contributed by atoms with E-state index in [2.05, 4.69) is 24.1 Å². The fourth-order valence-electron chi connectivity index (χ4n) is 1.78. The van der Waals surface area contributed by atoms with Gasteiger partial charge in [0.15, 0.2) is 0 Å². The average Bonchev–Trinajstić information content (AvgIpc) is 2.40. The van der Waals surface area contributed by atoms with Crippen LogP contribution in [0.1, 0.15) is 26.3 Å². The van der Waals surface area contributed by atoms with Gasteiger partial charge in [0.05, 0.1) is 11.5 Å². The zero-order chi connectivity index (χ0) is 16.0. The van der Waals surface area contributed by atoms with Gasteiger partial charge < -0.3 is 15.0 Å². The van der Waals surface area contributed by atoms with Gasteiger partial charge in [-0.05, 0) is 40.9 Å². The minimum absolute atomic E-state index is 0.00644. The first-order valence-electron chi connectivity index (χ1n) is 7.06. The first kappa shape index (κ1) is 17.4. The molecular weight excluding hydrogens is 270 g/mol. The van der Waals surface area contributed by atoms with E-state index in [0.29, 0.717) is 18.9 Å². The van der Waals surface area contributed by atoms with Gasteiger partial charge in [-0.1, -0.05) is 0 Å². The summed E-state index contributed by atoms with van der Waals surface area (Å²) in [6.45, 7) is 8.01. The number of non-ortho nitro benzene ring substituents is 1. The number of nitrogens with zero attached hydrogens (tertiary/aromatic N) is 2. The summed E-state index contributed by atoms with van der Waals surface area (Å²) < 4.78 is 5.53. The van der Waals surface area contributed by atoms with Crippen LogP contribution in [0.2, 0.25) is 0 Å². The van der Waals surface area contributed by atoms with Crippen molar-refractivity contribution in [2.24, 2.45) is 0 Å². The number of hydrogen-bond donors (Lipinski definition) is 1. The van der Waals surface area contributed by atoms with Crippen molar-refractivity contribution in [3.63, 3.8) is 0 Å². The number of nitro benzene ring substituents is 1. The maximum atomic E-state index is 10.9. The highest BCUT2D eigenvalue weighted by molar-refractivity contribution is 5.43. The van der Waals surface area contributed by atoms with E-state index in [1.807, 2.05) is 21.0 Å². The van der Waals surface area contributed by atoms with Crippen molar-refractivity contribution < 1.29 is 9.66 Å². The highest BCUT2D eigenvalue weighted by Crippen LogP contribution is 2.24. The van der Waals surface area contributed by atoms with Crippen LogP contribution in [0, 0.1) is 10.1 Å². The Labute approximate surface area is 126 Å². The van der Waals surface area contributed by atoms with Crippen molar-refractivity contribution in [1.29, 1.82) is 0 Å². The molecule has 0 radical (unpaired) electrons. The smallest absolute Gasteiger partial charge is 0.270 e. The van der Waals surface area contributed by atoms with Crippen LogP contribution in [0.4, 0.5) is 5.69 Å². The van der Waals surface area contributed by atoms with E-state index in [1.165, 1.54) is 6.07 Å². The van der Waals surface area contributed by atoms with Gasteiger partial charge in [0.2, 0.25) is 0 Å². The molecule has 6 nitrogen and oxygen atoms in total. The van der Waals surface area contributed by atoms with E-state index >= 15 is 0 Å². The summed E-state index contributed by atoms with van der Waals surface area (Å²) in [7, 11) is 4.06. The molecule has 0 aromatic heterocycles. The minimum atomic E-state index is -0.386. The molecule has 21 heavy (non-hydrogen) atoms. The Hall–Kier alpha value is -1.66. The van der Waals surface area contributed by atoms with E-state index in [-0.39, 0.29) is 16.1 Å². The zero-order valence-electron chi connectivity index (χ0n) is 13.5. The summed E-state index contributed by atoms with van der Waals surface area (Å²) in [6.07, 6.45) is 0. The highest BCUT2D eigenvalue weighted by atomic mass is 16.6. The summed E-state index contributed by atoms with van der Waals surface area (Å²) in [5, 5.41) is 14.2. The second kappa shape index (κ2) is 7.38. The first-order valence-corrected chi connectivity index (χ1v) is 7.06. The van der Waals surface area contributed by atoms with E-state index < -0.39 is 0 Å². The molecule has 0 saturated heterocycles. The number of ether oxygens (including phenoxy) is 1. The molecule has 1 N–H and O–H groups in total. The van der Waals surface area contributed by atoms with Gasteiger partial charge in [-0.2, -0.15) is 0 Å². The molecule has 1 rings (SSSR count). The number of nitro groups is 1. The van der Waals surface area contributed by atoms with E-state index in [0.717, 1.165) is 12.1 Å². The number of likely N-dealkylation sites (N-methyl/N-ethyl adjacent to an activating group) is 1. The molecule has 1 aromatic carbocycles. The number of benzene rings is 1. The van der Waals surface area contributed by atoms with Crippen LogP contribution < -0.4 is 10.1 Å². The van der Waals surface area contributed by atoms with E-state index in [1.54, 1.807) is 12.1 Å². The Morgan fingerprint density at radius 1 is 1.38 bits per heavy atom. The van der Waals surface area contributed by atoms with Crippen LogP contribution in [0.5, 0.6) is 5.75 Å². The summed E-state index contributed by atoms with van der Waals surface area (Å²) in [4.78, 5) is 12.6. The predicted molar refractivity (Wildman–Crippen MR) is 83.7 cm³/mol. The fraction of sp³-hybridized carbons (Fsp3) is 0.600. The predicted octanol–water partition coefficient (Wildman–Crippen LogP) is 2.42. The van der Waals surface area contributed by atoms with Gasteiger partial charge in [-0.15, -0.1) is 0 Å². The average molecular weight is 295 g/mol. The van der Waals surface area contributed by atoms with Crippen molar-refractivity contribution in [2.75, 3.05) is 27.2 Å². The molecule has 0 fully saturated rings. The molecule has 0 unspecified atom stereocenters. The van der Waals surface area contributed by atoms with E-state index in [4.69, 9.17) is 4.74 Å². The standard InChI is InChI=1S/C15H25N3O3/c1-6-21-14-8-7-13(18(19)20)9-12(14)10-16-11-15(2,3)17(4)5/h7-9,16H,6,10-11H2,1-5H3. The SMILES string of the molecule is CCOc1ccc([N+](=O)[O-])cc1CNCC(C)(C)N(C)C. The second-order valence-corrected chi connectivity index (χ2v) is 5.79. The van der Waals surface area contributed by atoms with E-state index in [9.17, 15) is 10.1 Å². The quantitative estimate of drug-likeness (QED) is 0.589. The van der Waals surface area contributed by atoms with Gasteiger partial charge in [0, 0.05) is 36.3 Å². The Bertz CT molecular complexity index is 487. The van der Waals surface area contributed by atoms with Crippen molar-refractivity contribution >= 4 is 5.69 Å². The molecule has 1 aromatic rings. The fourth-order valence-corrected chi connectivity index (χ4v) is 1.78. The lowest BCUT2D eigenvalue weighted by Gasteiger charge is -2.32. The summed E-state index contributed by atoms with van der Waals surface area (Å²) >= 11 is 0. The largest absolute Gasteiger partial charge is 0.494 e. The molecule has 0 aliphatic heterocycles. The van der Waals surface area contributed by atoms with Gasteiger partial charge in [-0.25, -0.2) is 0 Å². The Morgan fingerprint density at radius 2 is 2.05 bits per heavy atom. The highest BCUT2D eigenvalue weighted by Gasteiger charge is 2.20. The third kappa shape index (κ3) is 4.99. The van der Waals surface area contributed by atoms with Gasteiger partial charge in [-0.3, -0.25) is 10.1 Å². The maximum Gasteiger partial charge on any atom is 0.270 e. The summed E-state index contributed by atoms with van der Waals surface area (Å²) in [6, 6.07) is 4.70. The first-order chi connectivity index (χ1) is 9.77. The van der Waals surface area contributed by atoms with Gasteiger partial charge in [0.1, 0.15) is 5.75 Å². The zero-order valence-corrected chi connectivity index (χ0v) is 13.5. The molecule has 0 aliphatic rings. The van der Waals surface area contributed by atoms with Crippen LogP contribution >= 0.6 is 0 Å². The third-order valence-electron chi connectivity index (χ3n) is 3.64. The lowest BCUT2D eigenvalue weighted by Crippen LogP contribution is -2.46. The maximum absolute atomic E-state index is 10.9. The third-order valence-corrected chi connectivity index (χ3v) is 3.64. The molecule has 0 saturated carbocycles. The molecule has 0 atom stereocenters. The second-order valence-electron chi connectivity index (χ2n) is 5.79. The Kier molecular flexibility index (Phi) is 6.11. The molecule has 0 spiro atoms. The van der Waals surface area contributed by atoms with Gasteiger partial charge >= 0.3 is 0 Å². The number of nitrogens with one attached hydrogen (secondary N) is 1. The summed E-state index contributed by atoms with van der Waals surface area (Å²) in [5.41, 5.74) is 0.898. The van der Waals surface area contributed by atoms with Crippen LogP contribution in [0.15, 0.2) is 18.2 Å². The summed E-state index contributed by atoms with van der Waals surface area (Å²) in [5.74, 6) is 0.693. The van der Waals surface area contributed by atoms with Crippen LogP contribution in [0.3, 0.4) is 0 Å². The van der Waals surface area contributed by atoms with Crippen molar-refractivity contribution in [2.45, 2.75) is 32.9 Å². The molecule has 0 heterocycles. The molecule has 118 valence electrons. The van der Waals surface area contributed by atoms with Crippen LogP contribution in [-0.4, -0.2) is 42.6 Å². The van der Waals surface area contributed by atoms with Crippen molar-refractivity contribution in [3.05, 3.63) is 33.9 Å². The number of hydrogen-bond acceptors (Lipinski definition) is 5. The minimum Gasteiger partial charge on any atom is -0.494 e. The monoisotopic (exact) mass is 295 g/mol. The topological polar surface area (TPSA) is 67.6 Å². The lowest BCUT2D eigenvalue weighted by molar-refractivity contribution is -0.384. The molecule has 0 bridgehead atoms. The molecule has 6 heteroatoms. The normalized spacial score (nSPS) is 11.7. The van der Waals surface area contributed by atoms with Crippen LogP contribution in [0.25, 0.3) is 0 Å². The molecular formula is C15H25N3O3. The number of rotatable bonds is 8. The van der Waals surface area contributed by atoms with Crippen LogP contribution in [-0.2, 0) is 6.54 Å². The van der Waals surface area contributed by atoms with Crippen molar-refractivity contribution in [3.8, 4) is 5.75 Å². The lowest BCUT2D eigenvalue weighted by atomic mass is 10.0. The Morgan fingerprint density at radius 3 is 2.57 bits per heavy atom. The molecule has 0 amide bonds. The van der Waals surface area contributed by atoms with Crippen molar-refractivity contribution in [1.82, 2.24) is 10.2 Å².